The molecule has 33 heavy (non-hydrogen) atoms. The zero-order valence-electron chi connectivity index (χ0n) is 19.3. The second-order valence-corrected chi connectivity index (χ2v) is 8.52. The minimum atomic E-state index is -1.03. The summed E-state index contributed by atoms with van der Waals surface area (Å²) >= 11 is 0. The van der Waals surface area contributed by atoms with Crippen molar-refractivity contribution in [2.75, 3.05) is 6.54 Å². The van der Waals surface area contributed by atoms with E-state index in [1.54, 1.807) is 24.3 Å². The molecule has 7 heteroatoms. The molecule has 1 amide bonds. The van der Waals surface area contributed by atoms with Crippen LogP contribution in [0.1, 0.15) is 69.4 Å². The van der Waals surface area contributed by atoms with Crippen LogP contribution in [0.25, 0.3) is 0 Å². The number of rotatable bonds is 14. The van der Waals surface area contributed by atoms with Crippen LogP contribution in [-0.2, 0) is 15.0 Å². The molecule has 0 heterocycles. The maximum Gasteiger partial charge on any atom is 0.326 e. The molecular formula is C26H36N2O5. The van der Waals surface area contributed by atoms with Gasteiger partial charge in [-0.25, -0.2) is 4.79 Å². The van der Waals surface area contributed by atoms with Crippen LogP contribution in [0.15, 0.2) is 48.5 Å². The number of unbranched alkanes of at least 4 members (excludes halogenated alkanes) is 1. The van der Waals surface area contributed by atoms with E-state index in [0.29, 0.717) is 32.2 Å². The van der Waals surface area contributed by atoms with Crippen LogP contribution in [0.3, 0.4) is 0 Å². The number of aliphatic carboxylic acids is 1. The Labute approximate surface area is 195 Å². The molecule has 2 aromatic rings. The highest BCUT2D eigenvalue weighted by Gasteiger charge is 2.33. The second kappa shape index (κ2) is 12.8. The van der Waals surface area contributed by atoms with E-state index in [0.717, 1.165) is 30.4 Å². The van der Waals surface area contributed by atoms with Gasteiger partial charge in [0.1, 0.15) is 17.5 Å². The van der Waals surface area contributed by atoms with Crippen LogP contribution >= 0.6 is 0 Å². The Hall–Kier alpha value is -3.06. The molecule has 0 radical (unpaired) electrons. The number of carboxylic acid groups (broad SMARTS) is 1. The number of nitrogens with two attached hydrogens (primary N) is 1. The molecule has 6 N–H and O–H groups in total. The Balaban J connectivity index is 2.18. The number of aromatic hydroxyl groups is 2. The molecule has 0 bridgehead atoms. The first-order valence-electron chi connectivity index (χ1n) is 11.6. The van der Waals surface area contributed by atoms with Gasteiger partial charge in [-0.05, 0) is 80.5 Å². The summed E-state index contributed by atoms with van der Waals surface area (Å²) in [5.74, 6) is -0.946. The van der Waals surface area contributed by atoms with E-state index in [1.807, 2.05) is 24.3 Å². The van der Waals surface area contributed by atoms with Crippen LogP contribution in [0.5, 0.6) is 11.5 Å². The summed E-state index contributed by atoms with van der Waals surface area (Å²) in [6, 6.07) is 13.3. The third kappa shape index (κ3) is 7.49. The molecule has 0 aliphatic heterocycles. The molecule has 0 saturated heterocycles. The van der Waals surface area contributed by atoms with E-state index in [1.165, 1.54) is 0 Å². The van der Waals surface area contributed by atoms with Gasteiger partial charge in [0, 0.05) is 11.8 Å². The van der Waals surface area contributed by atoms with Gasteiger partial charge in [0.05, 0.1) is 0 Å². The lowest BCUT2D eigenvalue weighted by Gasteiger charge is -2.35. The zero-order chi connectivity index (χ0) is 24.3. The highest BCUT2D eigenvalue weighted by molar-refractivity contribution is 5.83. The van der Waals surface area contributed by atoms with Crippen molar-refractivity contribution in [3.63, 3.8) is 0 Å². The zero-order valence-corrected chi connectivity index (χ0v) is 19.3. The topological polar surface area (TPSA) is 133 Å². The minimum absolute atomic E-state index is 0.184. The van der Waals surface area contributed by atoms with Gasteiger partial charge in [0.15, 0.2) is 0 Å². The summed E-state index contributed by atoms with van der Waals surface area (Å²) in [6.45, 7) is 2.59. The molecular weight excluding hydrogens is 420 g/mol. The van der Waals surface area contributed by atoms with Crippen molar-refractivity contribution in [1.29, 1.82) is 0 Å². The van der Waals surface area contributed by atoms with Gasteiger partial charge >= 0.3 is 5.97 Å². The Morgan fingerprint density at radius 3 is 1.91 bits per heavy atom. The Kier molecular flexibility index (Phi) is 10.2. The van der Waals surface area contributed by atoms with Crippen molar-refractivity contribution in [1.82, 2.24) is 5.32 Å². The average Bonchev–Trinajstić information content (AvgIpc) is 2.79. The average molecular weight is 457 g/mol. The summed E-state index contributed by atoms with van der Waals surface area (Å²) in [4.78, 5) is 24.0. The van der Waals surface area contributed by atoms with E-state index >= 15 is 0 Å². The molecule has 2 rings (SSSR count). The number of hydrogen-bond donors (Lipinski definition) is 5. The van der Waals surface area contributed by atoms with Crippen molar-refractivity contribution in [2.24, 2.45) is 5.73 Å². The van der Waals surface area contributed by atoms with E-state index in [-0.39, 0.29) is 23.8 Å². The van der Waals surface area contributed by atoms with E-state index in [2.05, 4.69) is 12.2 Å². The molecule has 0 fully saturated rings. The summed E-state index contributed by atoms with van der Waals surface area (Å²) in [5.41, 5.74) is 7.13. The van der Waals surface area contributed by atoms with Crippen molar-refractivity contribution >= 4 is 11.9 Å². The molecule has 0 saturated carbocycles. The highest BCUT2D eigenvalue weighted by atomic mass is 16.4. The number of benzene rings is 2. The molecule has 0 aromatic heterocycles. The van der Waals surface area contributed by atoms with Gasteiger partial charge in [-0.3, -0.25) is 4.79 Å². The van der Waals surface area contributed by atoms with Crippen LogP contribution in [0.2, 0.25) is 0 Å². The van der Waals surface area contributed by atoms with Crippen molar-refractivity contribution in [3.05, 3.63) is 59.7 Å². The lowest BCUT2D eigenvalue weighted by atomic mass is 9.68. The quantitative estimate of drug-likeness (QED) is 0.272. The third-order valence-corrected chi connectivity index (χ3v) is 6.10. The number of carbonyl (C=O) groups excluding carboxylic acids is 1. The highest BCUT2D eigenvalue weighted by Crippen LogP contribution is 2.42. The van der Waals surface area contributed by atoms with Crippen molar-refractivity contribution in [3.8, 4) is 11.5 Å². The maximum absolute atomic E-state index is 12.5. The largest absolute Gasteiger partial charge is 0.508 e. The van der Waals surface area contributed by atoms with Gasteiger partial charge in [0.25, 0.3) is 0 Å². The fourth-order valence-corrected chi connectivity index (χ4v) is 4.42. The lowest BCUT2D eigenvalue weighted by Crippen LogP contribution is -2.40. The van der Waals surface area contributed by atoms with Gasteiger partial charge in [0.2, 0.25) is 5.91 Å². The summed E-state index contributed by atoms with van der Waals surface area (Å²) in [5, 5.41) is 31.6. The molecule has 1 atom stereocenters. The molecule has 0 unspecified atom stereocenters. The second-order valence-electron chi connectivity index (χ2n) is 8.52. The van der Waals surface area contributed by atoms with Crippen LogP contribution in [0.4, 0.5) is 0 Å². The summed E-state index contributed by atoms with van der Waals surface area (Å²) in [6.07, 6.45) is 4.88. The normalized spacial score (nSPS) is 12.3. The summed E-state index contributed by atoms with van der Waals surface area (Å²) in [7, 11) is 0. The lowest BCUT2D eigenvalue weighted by molar-refractivity contribution is -0.142. The van der Waals surface area contributed by atoms with Crippen LogP contribution < -0.4 is 11.1 Å². The third-order valence-electron chi connectivity index (χ3n) is 6.10. The van der Waals surface area contributed by atoms with Gasteiger partial charge in [-0.15, -0.1) is 0 Å². The molecule has 7 nitrogen and oxygen atoms in total. The van der Waals surface area contributed by atoms with Crippen molar-refractivity contribution < 1.29 is 24.9 Å². The molecule has 2 aromatic carbocycles. The van der Waals surface area contributed by atoms with Crippen molar-refractivity contribution in [2.45, 2.75) is 69.7 Å². The standard InChI is InChI=1S/C26H36N2O5/c1-2-16-26(19-8-12-21(29)13-9-19,20-10-14-22(30)15-11-20)17-5-7-24(31)28-23(25(32)33)6-3-4-18-27/h8-15,23,29-30H,2-7,16-18,27H2,1H3,(H,28,31)(H,32,33)/t23-/m0/s1. The number of hydrogen-bond acceptors (Lipinski definition) is 5. The van der Waals surface area contributed by atoms with Crippen LogP contribution in [-0.4, -0.2) is 39.8 Å². The number of carboxylic acids is 1. The maximum atomic E-state index is 12.5. The van der Waals surface area contributed by atoms with E-state index in [9.17, 15) is 24.9 Å². The first-order chi connectivity index (χ1) is 15.8. The number of nitrogens with one attached hydrogen (secondary N) is 1. The van der Waals surface area contributed by atoms with Gasteiger partial charge in [-0.2, -0.15) is 0 Å². The minimum Gasteiger partial charge on any atom is -0.508 e. The Morgan fingerprint density at radius 2 is 1.45 bits per heavy atom. The Bertz CT molecular complexity index is 835. The van der Waals surface area contributed by atoms with Gasteiger partial charge < -0.3 is 26.4 Å². The first kappa shape index (κ1) is 26.2. The predicted octanol–water partition coefficient (Wildman–Crippen LogP) is 4.05. The number of amides is 1. The van der Waals surface area contributed by atoms with E-state index in [4.69, 9.17) is 5.73 Å². The predicted molar refractivity (Wildman–Crippen MR) is 128 cm³/mol. The van der Waals surface area contributed by atoms with Crippen LogP contribution in [0, 0.1) is 0 Å². The fraction of sp³-hybridized carbons (Fsp3) is 0.462. The number of phenols is 2. The fourth-order valence-electron chi connectivity index (χ4n) is 4.42. The molecule has 0 aliphatic carbocycles. The molecule has 0 spiro atoms. The molecule has 180 valence electrons. The smallest absolute Gasteiger partial charge is 0.326 e. The van der Waals surface area contributed by atoms with E-state index < -0.39 is 17.4 Å². The first-order valence-corrected chi connectivity index (χ1v) is 11.6. The summed E-state index contributed by atoms with van der Waals surface area (Å²) < 4.78 is 0. The van der Waals surface area contributed by atoms with Gasteiger partial charge in [-0.1, -0.05) is 37.6 Å². The number of carbonyl (C=O) groups is 2. The monoisotopic (exact) mass is 456 g/mol. The SMILES string of the molecule is CCCC(CCCC(=O)N[C@@H](CCCCN)C(=O)O)(c1ccc(O)cc1)c1ccc(O)cc1. The Morgan fingerprint density at radius 1 is 0.909 bits per heavy atom. The molecule has 0 aliphatic rings. The number of phenolic OH excluding ortho intramolecular Hbond substituents is 2.